The van der Waals surface area contributed by atoms with Gasteiger partial charge >= 0.3 is 0 Å². The zero-order chi connectivity index (χ0) is 9.40. The topological polar surface area (TPSA) is 60.2 Å². The normalized spacial score (nSPS) is 11.2. The van der Waals surface area contributed by atoms with E-state index in [2.05, 4.69) is 0 Å². The second-order valence-electron chi connectivity index (χ2n) is 2.40. The Morgan fingerprint density at radius 2 is 2.17 bits per heavy atom. The van der Waals surface area contributed by atoms with Gasteiger partial charge in [-0.3, -0.25) is 10.1 Å². The molecule has 0 aliphatic carbocycles. The van der Waals surface area contributed by atoms with Crippen LogP contribution in [0, 0.1) is 10.1 Å². The highest BCUT2D eigenvalue weighted by Crippen LogP contribution is 2.04. The Balaban J connectivity index is 3.78. The predicted octanol–water partition coefficient (Wildman–Crippen LogP) is 1.93. The molecule has 0 saturated carbocycles. The highest BCUT2D eigenvalue weighted by atomic mass is 16.6. The molecule has 4 nitrogen and oxygen atoms in total. The minimum Gasteiger partial charge on any atom is -0.303 e. The second-order valence-corrected chi connectivity index (χ2v) is 2.40. The first-order valence-corrected chi connectivity index (χ1v) is 3.99. The molecule has 0 bridgehead atoms. The first kappa shape index (κ1) is 10.8. The van der Waals surface area contributed by atoms with Gasteiger partial charge in [-0.2, -0.15) is 0 Å². The summed E-state index contributed by atoms with van der Waals surface area (Å²) in [5.74, 6) is 0. The average molecular weight is 171 g/mol. The Labute approximate surface area is 71.4 Å². The van der Waals surface area contributed by atoms with Crippen molar-refractivity contribution >= 4 is 6.29 Å². The van der Waals surface area contributed by atoms with Crippen LogP contribution in [0.25, 0.3) is 0 Å². The summed E-state index contributed by atoms with van der Waals surface area (Å²) in [7, 11) is 0. The van der Waals surface area contributed by atoms with E-state index in [0.29, 0.717) is 25.7 Å². The van der Waals surface area contributed by atoms with Crippen molar-refractivity contribution in [3.8, 4) is 0 Å². The average Bonchev–Trinajstić information content (AvgIpc) is 2.04. The molecule has 0 spiro atoms. The summed E-state index contributed by atoms with van der Waals surface area (Å²) in [5, 5.41) is 10.3. The Hall–Kier alpha value is -1.19. The third-order valence-electron chi connectivity index (χ3n) is 1.50. The molecule has 12 heavy (non-hydrogen) atoms. The summed E-state index contributed by atoms with van der Waals surface area (Å²) in [4.78, 5) is 19.8. The van der Waals surface area contributed by atoms with Gasteiger partial charge in [-0.25, -0.2) is 0 Å². The molecule has 0 unspecified atom stereocenters. The molecule has 0 saturated heterocycles. The summed E-state index contributed by atoms with van der Waals surface area (Å²) >= 11 is 0. The zero-order valence-electron chi connectivity index (χ0n) is 7.16. The number of rotatable bonds is 6. The van der Waals surface area contributed by atoms with Crippen molar-refractivity contribution in [2.24, 2.45) is 0 Å². The second kappa shape index (κ2) is 6.52. The predicted molar refractivity (Wildman–Crippen MR) is 45.3 cm³/mol. The minimum atomic E-state index is -0.374. The van der Waals surface area contributed by atoms with Crippen molar-refractivity contribution in [1.29, 1.82) is 0 Å². The molecule has 0 aromatic heterocycles. The number of nitro groups is 1. The summed E-state index contributed by atoms with van der Waals surface area (Å²) in [6.45, 7) is 1.74. The van der Waals surface area contributed by atoms with Crippen molar-refractivity contribution < 1.29 is 9.72 Å². The quantitative estimate of drug-likeness (QED) is 0.265. The van der Waals surface area contributed by atoms with E-state index in [0.717, 1.165) is 6.29 Å². The van der Waals surface area contributed by atoms with Gasteiger partial charge in [0.2, 0.25) is 5.70 Å². The number of carbonyl (C=O) groups excluding carboxylic acids is 1. The molecule has 0 aliphatic rings. The molecule has 0 rings (SSSR count). The van der Waals surface area contributed by atoms with Gasteiger partial charge in [-0.15, -0.1) is 0 Å². The van der Waals surface area contributed by atoms with Crippen molar-refractivity contribution in [2.75, 3.05) is 0 Å². The van der Waals surface area contributed by atoms with Gasteiger partial charge in [0.05, 0.1) is 4.92 Å². The third kappa shape index (κ3) is 4.60. The number of carbonyl (C=O) groups is 1. The summed E-state index contributed by atoms with van der Waals surface area (Å²) in [6.07, 6.45) is 4.64. The lowest BCUT2D eigenvalue weighted by Gasteiger charge is -1.92. The molecule has 0 radical (unpaired) electrons. The summed E-state index contributed by atoms with van der Waals surface area (Å²) in [6, 6.07) is 0. The lowest BCUT2D eigenvalue weighted by atomic mass is 10.2. The highest BCUT2D eigenvalue weighted by molar-refractivity contribution is 5.49. The Morgan fingerprint density at radius 3 is 2.58 bits per heavy atom. The van der Waals surface area contributed by atoms with Gasteiger partial charge in [-0.05, 0) is 18.9 Å². The Morgan fingerprint density at radius 1 is 1.50 bits per heavy atom. The number of allylic oxidation sites excluding steroid dienone is 2. The van der Waals surface area contributed by atoms with E-state index >= 15 is 0 Å². The first-order valence-electron chi connectivity index (χ1n) is 3.99. The van der Waals surface area contributed by atoms with Gasteiger partial charge < -0.3 is 4.79 Å². The van der Waals surface area contributed by atoms with Gasteiger partial charge in [0, 0.05) is 12.8 Å². The van der Waals surface area contributed by atoms with Crippen molar-refractivity contribution in [3.63, 3.8) is 0 Å². The monoisotopic (exact) mass is 171 g/mol. The highest BCUT2D eigenvalue weighted by Gasteiger charge is 2.04. The molecular weight excluding hydrogens is 158 g/mol. The van der Waals surface area contributed by atoms with Gasteiger partial charge in [-0.1, -0.05) is 6.92 Å². The van der Waals surface area contributed by atoms with Crippen LogP contribution in [-0.2, 0) is 4.79 Å². The van der Waals surface area contributed by atoms with Crippen LogP contribution in [-0.4, -0.2) is 11.2 Å². The van der Waals surface area contributed by atoms with Gasteiger partial charge in [0.25, 0.3) is 0 Å². The minimum absolute atomic E-state index is 0.237. The van der Waals surface area contributed by atoms with E-state index in [1.54, 1.807) is 13.0 Å². The fraction of sp³-hybridized carbons (Fsp3) is 0.625. The van der Waals surface area contributed by atoms with Crippen LogP contribution >= 0.6 is 0 Å². The van der Waals surface area contributed by atoms with Crippen LogP contribution in [0.4, 0.5) is 0 Å². The van der Waals surface area contributed by atoms with Gasteiger partial charge in [0.15, 0.2) is 0 Å². The molecule has 0 atom stereocenters. The van der Waals surface area contributed by atoms with Gasteiger partial charge in [0.1, 0.15) is 6.29 Å². The fourth-order valence-corrected chi connectivity index (χ4v) is 0.818. The largest absolute Gasteiger partial charge is 0.303 e. The molecule has 0 N–H and O–H groups in total. The molecule has 0 aromatic carbocycles. The Bertz CT molecular complexity index is 187. The molecule has 0 aromatic rings. The first-order chi connectivity index (χ1) is 5.72. The van der Waals surface area contributed by atoms with Crippen molar-refractivity contribution in [2.45, 2.75) is 32.6 Å². The zero-order valence-corrected chi connectivity index (χ0v) is 7.16. The maximum atomic E-state index is 10.3. The van der Waals surface area contributed by atoms with Crippen LogP contribution in [0.1, 0.15) is 32.6 Å². The molecule has 68 valence electrons. The SMILES string of the molecule is CC/C(=C/CCCC=O)[N+](=O)[O-]. The Kier molecular flexibility index (Phi) is 5.87. The summed E-state index contributed by atoms with van der Waals surface area (Å²) < 4.78 is 0. The number of aldehydes is 1. The van der Waals surface area contributed by atoms with Crippen LogP contribution < -0.4 is 0 Å². The van der Waals surface area contributed by atoms with E-state index in [-0.39, 0.29) is 10.6 Å². The standard InChI is InChI=1S/C8H13NO3/c1-2-8(9(11)12)6-4-3-5-7-10/h6-7H,2-5H2,1H3/b8-6-. The van der Waals surface area contributed by atoms with Crippen LogP contribution in [0.15, 0.2) is 11.8 Å². The number of hydrogen-bond donors (Lipinski definition) is 0. The van der Waals surface area contributed by atoms with E-state index < -0.39 is 0 Å². The molecule has 4 heteroatoms. The molecule has 0 fully saturated rings. The fourth-order valence-electron chi connectivity index (χ4n) is 0.818. The maximum absolute atomic E-state index is 10.3. The van der Waals surface area contributed by atoms with Crippen LogP contribution in [0.2, 0.25) is 0 Å². The molecular formula is C8H13NO3. The van der Waals surface area contributed by atoms with E-state index in [4.69, 9.17) is 0 Å². The lowest BCUT2D eigenvalue weighted by molar-refractivity contribution is -0.427. The van der Waals surface area contributed by atoms with Crippen molar-refractivity contribution in [3.05, 3.63) is 21.9 Å². The van der Waals surface area contributed by atoms with Crippen molar-refractivity contribution in [1.82, 2.24) is 0 Å². The number of unbranched alkanes of at least 4 members (excludes halogenated alkanes) is 2. The lowest BCUT2D eigenvalue weighted by Crippen LogP contribution is -1.96. The molecule has 0 heterocycles. The molecule has 0 amide bonds. The van der Waals surface area contributed by atoms with Crippen LogP contribution in [0.5, 0.6) is 0 Å². The smallest absolute Gasteiger partial charge is 0.242 e. The maximum Gasteiger partial charge on any atom is 0.242 e. The summed E-state index contributed by atoms with van der Waals surface area (Å²) in [5.41, 5.74) is 0.237. The molecule has 0 aliphatic heterocycles. The van der Waals surface area contributed by atoms with Crippen LogP contribution in [0.3, 0.4) is 0 Å². The number of hydrogen-bond acceptors (Lipinski definition) is 3. The van der Waals surface area contributed by atoms with E-state index in [1.165, 1.54) is 0 Å². The third-order valence-corrected chi connectivity index (χ3v) is 1.50. The van der Waals surface area contributed by atoms with E-state index in [9.17, 15) is 14.9 Å². The number of nitrogens with zero attached hydrogens (tertiary/aromatic N) is 1. The van der Waals surface area contributed by atoms with E-state index in [1.807, 2.05) is 0 Å².